The number of carbonyl (C=O) groups is 1. The van der Waals surface area contributed by atoms with Gasteiger partial charge in [0.2, 0.25) is 0 Å². The fourth-order valence-electron chi connectivity index (χ4n) is 2.43. The monoisotopic (exact) mass is 380 g/mol. The number of nitrogen functional groups attached to an aromatic ring is 1. The average molecular weight is 380 g/mol. The van der Waals surface area contributed by atoms with Crippen molar-refractivity contribution in [3.63, 3.8) is 0 Å². The molecule has 3 aromatic rings. The highest BCUT2D eigenvalue weighted by molar-refractivity contribution is 7.09. The quantitative estimate of drug-likeness (QED) is 0.227. The number of nitrogens with two attached hydrogens (primary N) is 1. The number of thiazole rings is 1. The van der Waals surface area contributed by atoms with E-state index in [1.165, 1.54) is 30.4 Å². The Bertz CT molecular complexity index is 1040. The molecular formula is C19H16N4O3S. The molecule has 0 unspecified atom stereocenters. The lowest BCUT2D eigenvalue weighted by atomic mass is 10.1. The molecule has 0 aliphatic carbocycles. The number of ketones is 1. The van der Waals surface area contributed by atoms with E-state index in [0.29, 0.717) is 29.1 Å². The number of nitro groups is 1. The van der Waals surface area contributed by atoms with Crippen molar-refractivity contribution in [2.45, 2.75) is 13.5 Å². The summed E-state index contributed by atoms with van der Waals surface area (Å²) in [4.78, 5) is 30.6. The molecule has 0 amide bonds. The van der Waals surface area contributed by atoms with E-state index in [4.69, 9.17) is 5.73 Å². The van der Waals surface area contributed by atoms with Gasteiger partial charge in [-0.1, -0.05) is 24.3 Å². The highest BCUT2D eigenvalue weighted by Crippen LogP contribution is 2.25. The smallest absolute Gasteiger partial charge is 0.270 e. The summed E-state index contributed by atoms with van der Waals surface area (Å²) < 4.78 is 0. The fourth-order valence-corrected chi connectivity index (χ4v) is 3.16. The first-order valence-electron chi connectivity index (χ1n) is 8.03. The molecule has 3 rings (SSSR count). The van der Waals surface area contributed by atoms with Crippen LogP contribution in [0, 0.1) is 10.1 Å². The molecule has 0 aliphatic rings. The summed E-state index contributed by atoms with van der Waals surface area (Å²) in [7, 11) is 0. The molecule has 27 heavy (non-hydrogen) atoms. The highest BCUT2D eigenvalue weighted by Gasteiger charge is 2.10. The molecule has 2 aromatic carbocycles. The summed E-state index contributed by atoms with van der Waals surface area (Å²) in [6, 6.07) is 11.5. The largest absolute Gasteiger partial charge is 0.398 e. The van der Waals surface area contributed by atoms with Gasteiger partial charge in [-0.3, -0.25) is 19.9 Å². The van der Waals surface area contributed by atoms with Gasteiger partial charge in [0.1, 0.15) is 5.01 Å². The van der Waals surface area contributed by atoms with Crippen LogP contribution in [0.2, 0.25) is 0 Å². The van der Waals surface area contributed by atoms with Crippen LogP contribution in [0.25, 0.3) is 11.3 Å². The molecule has 8 heteroatoms. The van der Waals surface area contributed by atoms with Crippen molar-refractivity contribution >= 4 is 34.7 Å². The van der Waals surface area contributed by atoms with E-state index in [-0.39, 0.29) is 11.5 Å². The van der Waals surface area contributed by atoms with Gasteiger partial charge in [0.15, 0.2) is 5.78 Å². The Morgan fingerprint density at radius 1 is 1.33 bits per heavy atom. The molecule has 0 radical (unpaired) electrons. The van der Waals surface area contributed by atoms with Crippen molar-refractivity contribution in [1.29, 1.82) is 0 Å². The molecule has 0 bridgehead atoms. The van der Waals surface area contributed by atoms with Crippen LogP contribution in [-0.2, 0) is 6.54 Å². The van der Waals surface area contributed by atoms with E-state index in [2.05, 4.69) is 9.98 Å². The molecule has 0 spiro atoms. The van der Waals surface area contributed by atoms with Crippen LogP contribution in [0.4, 0.5) is 11.4 Å². The number of anilines is 1. The van der Waals surface area contributed by atoms with Crippen LogP contribution in [0.3, 0.4) is 0 Å². The fraction of sp³-hybridized carbons (Fsp3) is 0.105. The number of benzene rings is 2. The number of nitro benzene ring substituents is 1. The number of carbonyl (C=O) groups excluding carboxylic acids is 1. The molecule has 0 saturated heterocycles. The van der Waals surface area contributed by atoms with E-state index < -0.39 is 4.92 Å². The Hall–Kier alpha value is -3.39. The number of nitrogens with zero attached hydrogens (tertiary/aromatic N) is 3. The maximum atomic E-state index is 11.4. The number of aromatic nitrogens is 1. The van der Waals surface area contributed by atoms with Crippen LogP contribution >= 0.6 is 11.3 Å². The van der Waals surface area contributed by atoms with Crippen molar-refractivity contribution in [3.05, 3.63) is 74.1 Å². The van der Waals surface area contributed by atoms with Crippen molar-refractivity contribution in [3.8, 4) is 11.3 Å². The Morgan fingerprint density at radius 3 is 2.85 bits per heavy atom. The van der Waals surface area contributed by atoms with Crippen LogP contribution in [0.5, 0.6) is 0 Å². The van der Waals surface area contributed by atoms with Crippen LogP contribution in [-0.4, -0.2) is 21.9 Å². The molecule has 2 N–H and O–H groups in total. The molecule has 1 aromatic heterocycles. The summed E-state index contributed by atoms with van der Waals surface area (Å²) in [5.41, 5.74) is 9.13. The van der Waals surface area contributed by atoms with Crippen LogP contribution in [0.1, 0.15) is 27.9 Å². The van der Waals surface area contributed by atoms with Gasteiger partial charge in [0.25, 0.3) is 5.69 Å². The van der Waals surface area contributed by atoms with Gasteiger partial charge in [0.05, 0.1) is 17.2 Å². The van der Waals surface area contributed by atoms with E-state index in [1.54, 1.807) is 36.5 Å². The van der Waals surface area contributed by atoms with Gasteiger partial charge in [0, 0.05) is 46.1 Å². The van der Waals surface area contributed by atoms with E-state index in [9.17, 15) is 14.9 Å². The minimum absolute atomic E-state index is 0.0320. The zero-order chi connectivity index (χ0) is 19.4. The molecule has 136 valence electrons. The van der Waals surface area contributed by atoms with E-state index >= 15 is 0 Å². The lowest BCUT2D eigenvalue weighted by molar-refractivity contribution is -0.384. The van der Waals surface area contributed by atoms with Gasteiger partial charge >= 0.3 is 0 Å². The van der Waals surface area contributed by atoms with Crippen molar-refractivity contribution in [1.82, 2.24) is 4.98 Å². The summed E-state index contributed by atoms with van der Waals surface area (Å²) >= 11 is 1.43. The second-order valence-electron chi connectivity index (χ2n) is 5.80. The van der Waals surface area contributed by atoms with Crippen molar-refractivity contribution < 1.29 is 9.72 Å². The lowest BCUT2D eigenvalue weighted by Crippen LogP contribution is -1.98. The maximum absolute atomic E-state index is 11.4. The van der Waals surface area contributed by atoms with Crippen molar-refractivity contribution in [2.75, 3.05) is 5.73 Å². The molecule has 0 fully saturated rings. The standard InChI is InChI=1S/C19H16N4O3S/c1-12(24)13-5-6-15(17(20)8-13)9-21-10-19-22-18(11-27-19)14-3-2-4-16(7-14)23(25)26/h2-9,11H,10,20H2,1H3. The first-order chi connectivity index (χ1) is 12.9. The van der Waals surface area contributed by atoms with Crippen molar-refractivity contribution in [2.24, 2.45) is 4.99 Å². The summed E-state index contributed by atoms with van der Waals surface area (Å²) in [6.45, 7) is 1.86. The highest BCUT2D eigenvalue weighted by atomic mass is 32.1. The third-order valence-electron chi connectivity index (χ3n) is 3.85. The molecule has 7 nitrogen and oxygen atoms in total. The second kappa shape index (κ2) is 7.88. The topological polar surface area (TPSA) is 111 Å². The van der Waals surface area contributed by atoms with Gasteiger partial charge in [-0.15, -0.1) is 11.3 Å². The first kappa shape index (κ1) is 18.4. The molecule has 0 saturated carbocycles. The lowest BCUT2D eigenvalue weighted by Gasteiger charge is -2.02. The van der Waals surface area contributed by atoms with Crippen LogP contribution in [0.15, 0.2) is 52.8 Å². The Labute approximate surface area is 159 Å². The number of non-ortho nitro benzene ring substituents is 1. The Balaban J connectivity index is 1.71. The predicted octanol–water partition coefficient (Wildman–Crippen LogP) is 4.12. The van der Waals surface area contributed by atoms with Gasteiger partial charge in [-0.2, -0.15) is 0 Å². The summed E-state index contributed by atoms with van der Waals surface area (Å²) in [5.74, 6) is -0.0401. The van der Waals surface area contributed by atoms with Crippen LogP contribution < -0.4 is 5.73 Å². The summed E-state index contributed by atoms with van der Waals surface area (Å²) in [5, 5.41) is 13.5. The Kier molecular flexibility index (Phi) is 5.37. The van der Waals surface area contributed by atoms with Gasteiger partial charge < -0.3 is 5.73 Å². The van der Waals surface area contributed by atoms with E-state index in [1.807, 2.05) is 5.38 Å². The zero-order valence-electron chi connectivity index (χ0n) is 14.5. The zero-order valence-corrected chi connectivity index (χ0v) is 15.3. The number of hydrogen-bond donors (Lipinski definition) is 1. The minimum Gasteiger partial charge on any atom is -0.398 e. The third-order valence-corrected chi connectivity index (χ3v) is 4.69. The minimum atomic E-state index is -0.428. The van der Waals surface area contributed by atoms with E-state index in [0.717, 1.165) is 10.6 Å². The average Bonchev–Trinajstić information content (AvgIpc) is 3.12. The molecule has 0 aliphatic heterocycles. The summed E-state index contributed by atoms with van der Waals surface area (Å²) in [6.07, 6.45) is 1.65. The maximum Gasteiger partial charge on any atom is 0.270 e. The SMILES string of the molecule is CC(=O)c1ccc(C=NCc2nc(-c3cccc([N+](=O)[O-])c3)cs2)c(N)c1. The van der Waals surface area contributed by atoms with Gasteiger partial charge in [-0.05, 0) is 13.0 Å². The normalized spacial score (nSPS) is 11.0. The number of rotatable bonds is 6. The number of aliphatic imine (C=N–C) groups is 1. The molecular weight excluding hydrogens is 364 g/mol. The third kappa shape index (κ3) is 4.42. The Morgan fingerprint density at radius 2 is 2.15 bits per heavy atom. The second-order valence-corrected chi connectivity index (χ2v) is 6.75. The molecule has 0 atom stereocenters. The predicted molar refractivity (Wildman–Crippen MR) is 106 cm³/mol. The number of Topliss-reactive ketones (excluding diaryl/α,β-unsaturated/α-hetero) is 1. The molecule has 1 heterocycles. The number of hydrogen-bond acceptors (Lipinski definition) is 7. The van der Waals surface area contributed by atoms with Gasteiger partial charge in [-0.25, -0.2) is 4.98 Å². The first-order valence-corrected chi connectivity index (χ1v) is 8.91.